The third-order valence-corrected chi connectivity index (χ3v) is 8.56. The lowest BCUT2D eigenvalue weighted by Gasteiger charge is -2.29. The molecule has 10 N–H and O–H groups in total. The van der Waals surface area contributed by atoms with Gasteiger partial charge in [0.1, 0.15) is 36.0 Å². The molecule has 0 aliphatic carbocycles. The summed E-state index contributed by atoms with van der Waals surface area (Å²) in [5.41, 5.74) is 6.38. The molecule has 0 unspecified atom stereocenters. The van der Waals surface area contributed by atoms with Crippen LogP contribution in [0.15, 0.2) is 54.6 Å². The van der Waals surface area contributed by atoms with Gasteiger partial charge in [0.05, 0.1) is 26.1 Å². The van der Waals surface area contributed by atoms with Crippen molar-refractivity contribution >= 4 is 47.4 Å². The third kappa shape index (κ3) is 15.4. The first-order chi connectivity index (χ1) is 26.3. The lowest BCUT2D eigenvalue weighted by atomic mass is 9.99. The summed E-state index contributed by atoms with van der Waals surface area (Å²) < 4.78 is 4.91. The molecule has 0 saturated heterocycles. The molecule has 18 nitrogen and oxygen atoms in total. The quantitative estimate of drug-likeness (QED) is 0.0652. The molecule has 0 aliphatic heterocycles. The second-order valence-electron chi connectivity index (χ2n) is 13.9. The average Bonchev–Trinajstić information content (AvgIpc) is 3.14. The first kappa shape index (κ1) is 46.1. The molecule has 2 aromatic rings. The topological polar surface area (TPSA) is 284 Å². The van der Waals surface area contributed by atoms with Crippen LogP contribution in [0.1, 0.15) is 52.2 Å². The standard InChI is InChI=1S/C38H53N7O11/c1-20(2)31(36(53)40-19-29(39)47)45-37(54)32(21(3)4)44-35(52)27(18-30(48)49)43-34(51)26(16-23-10-8-7-9-11-23)42-33(50)22(5)41-28(38(55)56-6)17-24-12-14-25(46)15-13-24/h7-15,20-22,26-28,31-32,41,46H,16-19H2,1-6H3,(H2,39,47)(H,40,53)(H,42,50)(H,43,51)(H,44,52)(H,45,54)(H,48,49)/t22-,26+,27+,28-,31+,32+/m1/s1. The number of phenols is 1. The number of hydrogen-bond acceptors (Lipinski definition) is 11. The Morgan fingerprint density at radius 3 is 1.68 bits per heavy atom. The third-order valence-electron chi connectivity index (χ3n) is 8.56. The number of carboxylic acids is 1. The van der Waals surface area contributed by atoms with Crippen LogP contribution in [0, 0.1) is 11.8 Å². The Bertz CT molecular complexity index is 1690. The highest BCUT2D eigenvalue weighted by molar-refractivity contribution is 5.97. The van der Waals surface area contributed by atoms with Crippen molar-refractivity contribution in [2.45, 2.75) is 90.1 Å². The molecule has 0 aromatic heterocycles. The van der Waals surface area contributed by atoms with Gasteiger partial charge in [-0.3, -0.25) is 43.7 Å². The van der Waals surface area contributed by atoms with Gasteiger partial charge in [-0.2, -0.15) is 0 Å². The van der Waals surface area contributed by atoms with Gasteiger partial charge in [0.25, 0.3) is 0 Å². The van der Waals surface area contributed by atoms with Gasteiger partial charge in [-0.05, 0) is 48.4 Å². The van der Waals surface area contributed by atoms with Crippen molar-refractivity contribution in [3.05, 3.63) is 65.7 Å². The summed E-state index contributed by atoms with van der Waals surface area (Å²) in [4.78, 5) is 103. The molecule has 306 valence electrons. The van der Waals surface area contributed by atoms with Crippen molar-refractivity contribution in [3.63, 3.8) is 0 Å². The Balaban J connectivity index is 2.30. The lowest BCUT2D eigenvalue weighted by molar-refractivity contribution is -0.144. The number of esters is 1. The zero-order valence-electron chi connectivity index (χ0n) is 32.3. The van der Waals surface area contributed by atoms with Crippen molar-refractivity contribution in [2.24, 2.45) is 17.6 Å². The van der Waals surface area contributed by atoms with E-state index in [1.54, 1.807) is 70.2 Å². The first-order valence-electron chi connectivity index (χ1n) is 18.0. The number of rotatable bonds is 22. The van der Waals surface area contributed by atoms with E-state index in [1.165, 1.54) is 26.2 Å². The summed E-state index contributed by atoms with van der Waals surface area (Å²) in [7, 11) is 1.19. The van der Waals surface area contributed by atoms with Crippen LogP contribution in [-0.4, -0.2) is 108 Å². The van der Waals surface area contributed by atoms with E-state index in [2.05, 4.69) is 31.9 Å². The molecule has 2 rings (SSSR count). The average molecular weight is 784 g/mol. The first-order valence-corrected chi connectivity index (χ1v) is 18.0. The molecular weight excluding hydrogens is 730 g/mol. The van der Waals surface area contributed by atoms with Gasteiger partial charge in [-0.25, -0.2) is 0 Å². The summed E-state index contributed by atoms with van der Waals surface area (Å²) in [6, 6.07) is 7.12. The molecule has 0 radical (unpaired) electrons. The van der Waals surface area contributed by atoms with E-state index in [4.69, 9.17) is 10.5 Å². The van der Waals surface area contributed by atoms with Crippen LogP contribution in [0.3, 0.4) is 0 Å². The molecule has 2 aromatic carbocycles. The zero-order chi connectivity index (χ0) is 42.1. The molecule has 6 amide bonds. The summed E-state index contributed by atoms with van der Waals surface area (Å²) in [5, 5.41) is 34.6. The maximum Gasteiger partial charge on any atom is 0.323 e. The van der Waals surface area contributed by atoms with Gasteiger partial charge in [0.15, 0.2) is 0 Å². The Morgan fingerprint density at radius 1 is 0.643 bits per heavy atom. The number of carbonyl (C=O) groups is 8. The number of carbonyl (C=O) groups excluding carboxylic acids is 7. The smallest absolute Gasteiger partial charge is 0.323 e. The van der Waals surface area contributed by atoms with Crippen LogP contribution in [0.2, 0.25) is 0 Å². The number of methoxy groups -OCH3 is 1. The van der Waals surface area contributed by atoms with Crippen molar-refractivity contribution in [3.8, 4) is 5.75 Å². The summed E-state index contributed by atoms with van der Waals surface area (Å²) in [5.74, 6) is -8.04. The summed E-state index contributed by atoms with van der Waals surface area (Å²) >= 11 is 0. The van der Waals surface area contributed by atoms with Crippen LogP contribution < -0.4 is 37.6 Å². The number of hydrogen-bond donors (Lipinski definition) is 9. The highest BCUT2D eigenvalue weighted by atomic mass is 16.5. The number of nitrogens with one attached hydrogen (secondary N) is 6. The fourth-order valence-corrected chi connectivity index (χ4v) is 5.46. The minimum absolute atomic E-state index is 0.0283. The van der Waals surface area contributed by atoms with E-state index in [1.807, 2.05) is 0 Å². The monoisotopic (exact) mass is 783 g/mol. The van der Waals surface area contributed by atoms with Gasteiger partial charge < -0.3 is 47.3 Å². The van der Waals surface area contributed by atoms with Crippen LogP contribution in [-0.2, 0) is 55.9 Å². The van der Waals surface area contributed by atoms with Gasteiger partial charge in [0.2, 0.25) is 35.4 Å². The fourth-order valence-electron chi connectivity index (χ4n) is 5.46. The number of carboxylic acid groups (broad SMARTS) is 1. The van der Waals surface area contributed by atoms with Gasteiger partial charge >= 0.3 is 11.9 Å². The lowest BCUT2D eigenvalue weighted by Crippen LogP contribution is -2.61. The Hall–Kier alpha value is -6.04. The predicted octanol–water partition coefficient (Wildman–Crippen LogP) is -0.975. The Labute approximate surface area is 325 Å². The van der Waals surface area contributed by atoms with Crippen LogP contribution in [0.5, 0.6) is 5.75 Å². The SMILES string of the molecule is COC(=O)[C@@H](Cc1ccc(O)cc1)N[C@H](C)C(=O)N[C@@H](Cc1ccccc1)C(=O)N[C@@H](CC(=O)O)C(=O)N[C@H](C(=O)N[C@H](C(=O)NCC(N)=O)C(C)C)C(C)C. The Kier molecular flexibility index (Phi) is 18.4. The maximum atomic E-state index is 13.8. The fraction of sp³-hybridized carbons (Fsp3) is 0.474. The second-order valence-corrected chi connectivity index (χ2v) is 13.9. The van der Waals surface area contributed by atoms with E-state index < -0.39 is 108 Å². The molecule has 56 heavy (non-hydrogen) atoms. The molecule has 0 bridgehead atoms. The number of benzene rings is 2. The van der Waals surface area contributed by atoms with E-state index in [0.29, 0.717) is 11.1 Å². The molecule has 0 aliphatic rings. The van der Waals surface area contributed by atoms with Crippen LogP contribution >= 0.6 is 0 Å². The van der Waals surface area contributed by atoms with Crippen molar-refractivity contribution in [1.82, 2.24) is 31.9 Å². The minimum Gasteiger partial charge on any atom is -0.508 e. The van der Waals surface area contributed by atoms with Gasteiger partial charge in [-0.1, -0.05) is 70.2 Å². The van der Waals surface area contributed by atoms with Crippen LogP contribution in [0.4, 0.5) is 0 Å². The largest absolute Gasteiger partial charge is 0.508 e. The molecule has 0 heterocycles. The van der Waals surface area contributed by atoms with Gasteiger partial charge in [0, 0.05) is 6.42 Å². The van der Waals surface area contributed by atoms with Crippen LogP contribution in [0.25, 0.3) is 0 Å². The van der Waals surface area contributed by atoms with Gasteiger partial charge in [-0.15, -0.1) is 0 Å². The molecule has 0 saturated carbocycles. The zero-order valence-corrected chi connectivity index (χ0v) is 32.3. The normalized spacial score (nSPS) is 14.2. The second kappa shape index (κ2) is 22.4. The molecule has 6 atom stereocenters. The molecular formula is C38H53N7O11. The van der Waals surface area contributed by atoms with Crippen molar-refractivity contribution in [2.75, 3.05) is 13.7 Å². The highest BCUT2D eigenvalue weighted by Gasteiger charge is 2.35. The number of nitrogens with two attached hydrogens (primary N) is 1. The molecule has 0 spiro atoms. The molecule has 18 heteroatoms. The highest BCUT2D eigenvalue weighted by Crippen LogP contribution is 2.13. The number of phenolic OH excluding ortho intramolecular Hbond substituents is 1. The number of aromatic hydroxyl groups is 1. The predicted molar refractivity (Wildman–Crippen MR) is 202 cm³/mol. The number of primary amides is 1. The summed E-state index contributed by atoms with van der Waals surface area (Å²) in [6.45, 7) is 7.49. The maximum absolute atomic E-state index is 13.8. The Morgan fingerprint density at radius 2 is 1.14 bits per heavy atom. The van der Waals surface area contributed by atoms with Crippen molar-refractivity contribution in [1.29, 1.82) is 0 Å². The van der Waals surface area contributed by atoms with E-state index in [-0.39, 0.29) is 18.6 Å². The number of amides is 6. The van der Waals surface area contributed by atoms with E-state index in [9.17, 15) is 48.6 Å². The summed E-state index contributed by atoms with van der Waals surface area (Å²) in [6.07, 6.45) is -0.872. The van der Waals surface area contributed by atoms with E-state index in [0.717, 1.165) is 0 Å². The minimum atomic E-state index is -1.71. The van der Waals surface area contributed by atoms with Crippen molar-refractivity contribution < 1.29 is 53.3 Å². The number of ether oxygens (including phenoxy) is 1. The van der Waals surface area contributed by atoms with E-state index >= 15 is 0 Å². The number of aliphatic carboxylic acids is 1. The molecule has 0 fully saturated rings.